The summed E-state index contributed by atoms with van der Waals surface area (Å²) >= 11 is 0. The fraction of sp³-hybridized carbons (Fsp3) is 0.545. The molecule has 1 heterocycles. The molecule has 1 heteroatoms. The molecule has 0 radical (unpaired) electrons. The zero-order valence-electron chi connectivity index (χ0n) is 7.89. The maximum atomic E-state index is 4.09. The zero-order chi connectivity index (χ0) is 8.69. The second kappa shape index (κ2) is 8.25. The molecule has 1 aromatic rings. The number of aromatic nitrogens is 1. The van der Waals surface area contributed by atoms with Crippen molar-refractivity contribution in [2.24, 2.45) is 0 Å². The van der Waals surface area contributed by atoms with Crippen LogP contribution in [-0.2, 0) is 6.42 Å². The third-order valence-electron chi connectivity index (χ3n) is 1.37. The first-order valence-electron chi connectivity index (χ1n) is 4.24. The van der Waals surface area contributed by atoms with Crippen LogP contribution in [0, 0.1) is 6.92 Å². The van der Waals surface area contributed by atoms with E-state index in [2.05, 4.69) is 18.0 Å². The normalized spacial score (nSPS) is 7.67. The van der Waals surface area contributed by atoms with Crippen molar-refractivity contribution in [1.82, 2.24) is 4.98 Å². The van der Waals surface area contributed by atoms with Gasteiger partial charge in [0.2, 0.25) is 0 Å². The summed E-state index contributed by atoms with van der Waals surface area (Å²) in [6, 6.07) is 4.16. The van der Waals surface area contributed by atoms with Gasteiger partial charge >= 0.3 is 0 Å². The number of hydrogen-bond donors (Lipinski definition) is 0. The average molecular weight is 167 g/mol. The van der Waals surface area contributed by atoms with Crippen molar-refractivity contribution >= 4 is 0 Å². The van der Waals surface area contributed by atoms with Gasteiger partial charge in [-0.3, -0.25) is 4.98 Å². The average Bonchev–Trinajstić information content (AvgIpc) is 2.08. The lowest BCUT2D eigenvalue weighted by Gasteiger charge is -1.94. The fourth-order valence-electron chi connectivity index (χ4n) is 0.824. The summed E-state index contributed by atoms with van der Waals surface area (Å²) in [7, 11) is 0. The highest BCUT2D eigenvalue weighted by Gasteiger charge is 1.87. The number of pyridine rings is 1. The Morgan fingerprint density at radius 3 is 2.25 bits per heavy atom. The lowest BCUT2D eigenvalue weighted by Crippen LogP contribution is -1.83. The van der Waals surface area contributed by atoms with Gasteiger partial charge in [0.05, 0.1) is 0 Å². The summed E-state index contributed by atoms with van der Waals surface area (Å²) in [5, 5.41) is 0. The van der Waals surface area contributed by atoms with Crippen LogP contribution in [0.1, 0.15) is 39.5 Å². The molecule has 0 bridgehead atoms. The number of rotatable bonds is 1. The van der Waals surface area contributed by atoms with Crippen LogP contribution in [0.15, 0.2) is 18.3 Å². The van der Waals surface area contributed by atoms with Gasteiger partial charge in [-0.1, -0.05) is 28.2 Å². The van der Waals surface area contributed by atoms with Crippen LogP contribution in [0.25, 0.3) is 0 Å². The second-order valence-corrected chi connectivity index (χ2v) is 2.16. The first-order valence-corrected chi connectivity index (χ1v) is 4.24. The highest BCUT2D eigenvalue weighted by Crippen LogP contribution is 1.99. The Balaban J connectivity index is 0. The summed E-state index contributed by atoms with van der Waals surface area (Å²) < 4.78 is 0. The largest absolute Gasteiger partial charge is 0.262 e. The van der Waals surface area contributed by atoms with Crippen LogP contribution in [0.5, 0.6) is 0 Å². The molecule has 0 aliphatic heterocycles. The van der Waals surface area contributed by atoms with Crippen molar-refractivity contribution in [3.8, 4) is 0 Å². The highest BCUT2D eigenvalue weighted by molar-refractivity contribution is 5.14. The Kier molecular flexibility index (Phi) is 9.43. The van der Waals surface area contributed by atoms with E-state index in [1.165, 1.54) is 5.56 Å². The summed E-state index contributed by atoms with van der Waals surface area (Å²) in [4.78, 5) is 4.09. The van der Waals surface area contributed by atoms with Gasteiger partial charge in [-0.05, 0) is 31.0 Å². The predicted octanol–water partition coefficient (Wildman–Crippen LogP) is 3.61. The van der Waals surface area contributed by atoms with E-state index < -0.39 is 0 Å². The van der Waals surface area contributed by atoms with Gasteiger partial charge in [-0.25, -0.2) is 0 Å². The van der Waals surface area contributed by atoms with Crippen LogP contribution >= 0.6 is 0 Å². The van der Waals surface area contributed by atoms with E-state index in [0.29, 0.717) is 0 Å². The molecule has 0 aliphatic carbocycles. The fourth-order valence-corrected chi connectivity index (χ4v) is 0.824. The minimum absolute atomic E-state index is 0. The molecular formula is C11H21N. The maximum absolute atomic E-state index is 4.09. The quantitative estimate of drug-likeness (QED) is 0.622. The molecule has 0 atom stereocenters. The van der Waals surface area contributed by atoms with Gasteiger partial charge < -0.3 is 0 Å². The van der Waals surface area contributed by atoms with E-state index in [9.17, 15) is 0 Å². The molecule has 0 fully saturated rings. The number of nitrogens with zero attached hydrogens (tertiary/aromatic N) is 1. The second-order valence-electron chi connectivity index (χ2n) is 2.16. The summed E-state index contributed by atoms with van der Waals surface area (Å²) in [5.74, 6) is 0. The first-order chi connectivity index (χ1) is 5.33. The smallest absolute Gasteiger partial charge is 0.0375 e. The molecule has 0 aromatic carbocycles. The van der Waals surface area contributed by atoms with Crippen molar-refractivity contribution in [2.45, 2.75) is 41.5 Å². The van der Waals surface area contributed by atoms with Gasteiger partial charge in [0.1, 0.15) is 0 Å². The standard InChI is InChI=1S/C8H11N.C2H6.CH4/c1-3-8-4-5-9-7(2)6-8;1-2;/h4-6H,3H2,1-2H3;1-2H3;1H4. The summed E-state index contributed by atoms with van der Waals surface area (Å²) in [6.07, 6.45) is 2.96. The molecule has 1 nitrogen and oxygen atoms in total. The van der Waals surface area contributed by atoms with E-state index in [1.54, 1.807) is 0 Å². The first kappa shape index (κ1) is 13.7. The molecular weight excluding hydrogens is 146 g/mol. The lowest BCUT2D eigenvalue weighted by atomic mass is 10.2. The van der Waals surface area contributed by atoms with Crippen molar-refractivity contribution in [2.75, 3.05) is 0 Å². The molecule has 1 aromatic heterocycles. The molecule has 1 rings (SSSR count). The predicted molar refractivity (Wildman–Crippen MR) is 56.4 cm³/mol. The van der Waals surface area contributed by atoms with Gasteiger partial charge in [-0.2, -0.15) is 0 Å². The molecule has 0 saturated carbocycles. The Morgan fingerprint density at radius 2 is 1.92 bits per heavy atom. The van der Waals surface area contributed by atoms with E-state index in [-0.39, 0.29) is 7.43 Å². The topological polar surface area (TPSA) is 12.9 Å². The Hall–Kier alpha value is -0.850. The molecule has 12 heavy (non-hydrogen) atoms. The Labute approximate surface area is 76.9 Å². The van der Waals surface area contributed by atoms with Crippen molar-refractivity contribution in [3.05, 3.63) is 29.6 Å². The molecule has 0 saturated heterocycles. The minimum atomic E-state index is 0. The van der Waals surface area contributed by atoms with Crippen LogP contribution in [0.2, 0.25) is 0 Å². The maximum Gasteiger partial charge on any atom is 0.0375 e. The van der Waals surface area contributed by atoms with E-state index in [1.807, 2.05) is 33.0 Å². The van der Waals surface area contributed by atoms with E-state index in [0.717, 1.165) is 12.1 Å². The van der Waals surface area contributed by atoms with Gasteiger partial charge in [0.15, 0.2) is 0 Å². The number of hydrogen-bond acceptors (Lipinski definition) is 1. The van der Waals surface area contributed by atoms with Gasteiger partial charge in [-0.15, -0.1) is 0 Å². The molecule has 0 amide bonds. The summed E-state index contributed by atoms with van der Waals surface area (Å²) in [6.45, 7) is 8.16. The van der Waals surface area contributed by atoms with Gasteiger partial charge in [0.25, 0.3) is 0 Å². The van der Waals surface area contributed by atoms with E-state index >= 15 is 0 Å². The third-order valence-corrected chi connectivity index (χ3v) is 1.37. The Morgan fingerprint density at radius 1 is 1.33 bits per heavy atom. The lowest BCUT2D eigenvalue weighted by molar-refractivity contribution is 1.09. The zero-order valence-corrected chi connectivity index (χ0v) is 7.89. The number of aryl methyl sites for hydroxylation is 2. The van der Waals surface area contributed by atoms with Crippen molar-refractivity contribution in [3.63, 3.8) is 0 Å². The molecule has 0 spiro atoms. The molecule has 70 valence electrons. The molecule has 0 aliphatic rings. The van der Waals surface area contributed by atoms with Crippen LogP contribution in [0.4, 0.5) is 0 Å². The van der Waals surface area contributed by atoms with Crippen LogP contribution in [0.3, 0.4) is 0 Å². The van der Waals surface area contributed by atoms with Crippen molar-refractivity contribution in [1.29, 1.82) is 0 Å². The molecule has 0 unspecified atom stereocenters. The van der Waals surface area contributed by atoms with Crippen LogP contribution < -0.4 is 0 Å². The van der Waals surface area contributed by atoms with Gasteiger partial charge in [0, 0.05) is 11.9 Å². The summed E-state index contributed by atoms with van der Waals surface area (Å²) in [5.41, 5.74) is 2.47. The monoisotopic (exact) mass is 167 g/mol. The molecule has 0 N–H and O–H groups in total. The SMILES string of the molecule is C.CC.CCc1ccnc(C)c1. The minimum Gasteiger partial charge on any atom is -0.262 e. The Bertz CT molecular complexity index is 194. The highest BCUT2D eigenvalue weighted by atomic mass is 14.6. The van der Waals surface area contributed by atoms with Crippen LogP contribution in [-0.4, -0.2) is 4.98 Å². The van der Waals surface area contributed by atoms with Crippen molar-refractivity contribution < 1.29 is 0 Å². The van der Waals surface area contributed by atoms with E-state index in [4.69, 9.17) is 0 Å². The third kappa shape index (κ3) is 4.89.